The van der Waals surface area contributed by atoms with Gasteiger partial charge in [-0.2, -0.15) is 0 Å². The highest BCUT2D eigenvalue weighted by Crippen LogP contribution is 2.15. The molecule has 3 nitrogen and oxygen atoms in total. The van der Waals surface area contributed by atoms with Crippen LogP contribution in [0.25, 0.3) is 0 Å². The van der Waals surface area contributed by atoms with E-state index in [1.165, 1.54) is 7.11 Å². The molecule has 0 aromatic rings. The third kappa shape index (κ3) is 3.80. The molecule has 0 fully saturated rings. The number of ether oxygens (including phenoxy) is 1. The molecule has 3 heteroatoms. The summed E-state index contributed by atoms with van der Waals surface area (Å²) in [7, 11) is 1.39. The molecule has 1 N–H and O–H groups in total. The predicted molar refractivity (Wildman–Crippen MR) is 56.7 cm³/mol. The van der Waals surface area contributed by atoms with Crippen molar-refractivity contribution >= 4 is 5.97 Å². The van der Waals surface area contributed by atoms with Gasteiger partial charge in [-0.05, 0) is 20.3 Å². The van der Waals surface area contributed by atoms with E-state index in [1.54, 1.807) is 0 Å². The van der Waals surface area contributed by atoms with E-state index in [9.17, 15) is 4.79 Å². The van der Waals surface area contributed by atoms with E-state index in [0.29, 0.717) is 6.54 Å². The molecule has 0 aromatic carbocycles. The molecule has 0 rings (SSSR count). The largest absolute Gasteiger partial charge is 0.469 e. The van der Waals surface area contributed by atoms with Gasteiger partial charge in [0.25, 0.3) is 0 Å². The zero-order valence-corrected chi connectivity index (χ0v) is 9.39. The van der Waals surface area contributed by atoms with Crippen molar-refractivity contribution in [1.29, 1.82) is 0 Å². The Labute approximate surface area is 86.2 Å². The number of hydrogen-bond acceptors (Lipinski definition) is 3. The first kappa shape index (κ1) is 13.0. The van der Waals surface area contributed by atoms with Crippen molar-refractivity contribution in [3.63, 3.8) is 0 Å². The van der Waals surface area contributed by atoms with Crippen molar-refractivity contribution in [3.05, 3.63) is 0 Å². The van der Waals surface area contributed by atoms with Crippen LogP contribution in [0.4, 0.5) is 0 Å². The summed E-state index contributed by atoms with van der Waals surface area (Å²) in [6.07, 6.45) is 6.15. The summed E-state index contributed by atoms with van der Waals surface area (Å²) in [5.74, 6) is 2.39. The average Bonchev–Trinajstić information content (AvgIpc) is 2.18. The van der Waals surface area contributed by atoms with Crippen LogP contribution >= 0.6 is 0 Å². The number of methoxy groups -OCH3 is 1. The Morgan fingerprint density at radius 1 is 1.64 bits per heavy atom. The first-order valence-corrected chi connectivity index (χ1v) is 4.75. The van der Waals surface area contributed by atoms with Crippen molar-refractivity contribution in [2.45, 2.75) is 33.2 Å². The Morgan fingerprint density at radius 2 is 2.21 bits per heavy atom. The van der Waals surface area contributed by atoms with Gasteiger partial charge in [0, 0.05) is 6.54 Å². The highest BCUT2D eigenvalue weighted by molar-refractivity contribution is 5.76. The molecule has 0 bridgehead atoms. The van der Waals surface area contributed by atoms with Crippen LogP contribution in [-0.2, 0) is 9.53 Å². The topological polar surface area (TPSA) is 38.3 Å². The van der Waals surface area contributed by atoms with E-state index in [1.807, 2.05) is 20.8 Å². The number of carbonyl (C=O) groups is 1. The average molecular weight is 197 g/mol. The quantitative estimate of drug-likeness (QED) is 0.531. The lowest BCUT2D eigenvalue weighted by Crippen LogP contribution is -2.40. The van der Waals surface area contributed by atoms with Crippen molar-refractivity contribution in [1.82, 2.24) is 5.32 Å². The van der Waals surface area contributed by atoms with Crippen LogP contribution in [0.15, 0.2) is 0 Å². The van der Waals surface area contributed by atoms with E-state index < -0.39 is 5.41 Å². The number of esters is 1. The van der Waals surface area contributed by atoms with Gasteiger partial charge in [0.1, 0.15) is 0 Å². The summed E-state index contributed by atoms with van der Waals surface area (Å²) in [6, 6.07) is 0.0268. The maximum absolute atomic E-state index is 11.3. The molecule has 0 saturated heterocycles. The predicted octanol–water partition coefficient (Wildman–Crippen LogP) is 1.19. The first-order chi connectivity index (χ1) is 6.47. The molecule has 0 aliphatic heterocycles. The fraction of sp³-hybridized carbons (Fsp3) is 0.727. The maximum Gasteiger partial charge on any atom is 0.312 e. The second-order valence-electron chi connectivity index (χ2n) is 3.88. The zero-order chi connectivity index (χ0) is 11.2. The van der Waals surface area contributed by atoms with Crippen molar-refractivity contribution in [2.75, 3.05) is 13.7 Å². The zero-order valence-electron chi connectivity index (χ0n) is 9.39. The van der Waals surface area contributed by atoms with Gasteiger partial charge in [-0.3, -0.25) is 4.79 Å². The second kappa shape index (κ2) is 5.66. The van der Waals surface area contributed by atoms with Gasteiger partial charge in [0.05, 0.1) is 18.6 Å². The lowest BCUT2D eigenvalue weighted by atomic mass is 9.93. The van der Waals surface area contributed by atoms with Crippen LogP contribution in [0.1, 0.15) is 27.2 Å². The van der Waals surface area contributed by atoms with E-state index >= 15 is 0 Å². The van der Waals surface area contributed by atoms with Crippen LogP contribution < -0.4 is 5.32 Å². The smallest absolute Gasteiger partial charge is 0.312 e. The number of hydrogen-bond donors (Lipinski definition) is 1. The minimum Gasteiger partial charge on any atom is -0.469 e. The number of nitrogens with one attached hydrogen (secondary N) is 1. The Kier molecular flexibility index (Phi) is 5.26. The van der Waals surface area contributed by atoms with Crippen LogP contribution in [0, 0.1) is 17.8 Å². The molecule has 0 amide bonds. The third-order valence-electron chi connectivity index (χ3n) is 2.14. The summed E-state index contributed by atoms with van der Waals surface area (Å²) in [6.45, 7) is 6.19. The molecule has 1 atom stereocenters. The van der Waals surface area contributed by atoms with Gasteiger partial charge in [0.2, 0.25) is 0 Å². The minimum atomic E-state index is -0.529. The monoisotopic (exact) mass is 197 g/mol. The SMILES string of the molecule is C#CC(CC)NCC(C)(C)C(=O)OC. The summed E-state index contributed by atoms with van der Waals surface area (Å²) in [4.78, 5) is 11.3. The molecule has 0 radical (unpaired) electrons. The third-order valence-corrected chi connectivity index (χ3v) is 2.14. The van der Waals surface area contributed by atoms with E-state index in [2.05, 4.69) is 16.0 Å². The summed E-state index contributed by atoms with van der Waals surface area (Å²) < 4.78 is 4.68. The van der Waals surface area contributed by atoms with Crippen molar-refractivity contribution < 1.29 is 9.53 Å². The highest BCUT2D eigenvalue weighted by Gasteiger charge is 2.28. The molecule has 0 heterocycles. The Hall–Kier alpha value is -1.01. The number of terminal acetylenes is 1. The molecule has 1 unspecified atom stereocenters. The highest BCUT2D eigenvalue weighted by atomic mass is 16.5. The van der Waals surface area contributed by atoms with Gasteiger partial charge in [-0.25, -0.2) is 0 Å². The number of carbonyl (C=O) groups excluding carboxylic acids is 1. The Morgan fingerprint density at radius 3 is 2.57 bits per heavy atom. The van der Waals surface area contributed by atoms with E-state index in [-0.39, 0.29) is 12.0 Å². The van der Waals surface area contributed by atoms with Crippen LogP contribution in [0.2, 0.25) is 0 Å². The fourth-order valence-corrected chi connectivity index (χ4v) is 1.05. The number of rotatable bonds is 5. The van der Waals surface area contributed by atoms with Gasteiger partial charge in [-0.15, -0.1) is 6.42 Å². The summed E-state index contributed by atoms with van der Waals surface area (Å²) in [5.41, 5.74) is -0.529. The normalized spacial score (nSPS) is 13.1. The minimum absolute atomic E-state index is 0.0268. The molecular formula is C11H19NO2. The van der Waals surface area contributed by atoms with Crippen LogP contribution in [0.3, 0.4) is 0 Å². The lowest BCUT2D eigenvalue weighted by molar-refractivity contribution is -0.150. The molecule has 0 saturated carbocycles. The van der Waals surface area contributed by atoms with E-state index in [0.717, 1.165) is 6.42 Å². The molecule has 80 valence electrons. The van der Waals surface area contributed by atoms with Crippen molar-refractivity contribution in [2.24, 2.45) is 5.41 Å². The van der Waals surface area contributed by atoms with E-state index in [4.69, 9.17) is 6.42 Å². The van der Waals surface area contributed by atoms with Crippen LogP contribution in [0.5, 0.6) is 0 Å². The van der Waals surface area contributed by atoms with Gasteiger partial charge in [-0.1, -0.05) is 12.8 Å². The fourth-order valence-electron chi connectivity index (χ4n) is 1.05. The first-order valence-electron chi connectivity index (χ1n) is 4.75. The molecule has 0 aliphatic rings. The summed E-state index contributed by atoms with van der Waals surface area (Å²) >= 11 is 0. The second-order valence-corrected chi connectivity index (χ2v) is 3.88. The van der Waals surface area contributed by atoms with Crippen molar-refractivity contribution in [3.8, 4) is 12.3 Å². The summed E-state index contributed by atoms with van der Waals surface area (Å²) in [5, 5.41) is 3.14. The van der Waals surface area contributed by atoms with Gasteiger partial charge in [0.15, 0.2) is 0 Å². The molecule has 14 heavy (non-hydrogen) atoms. The van der Waals surface area contributed by atoms with Gasteiger partial charge >= 0.3 is 5.97 Å². The molecule has 0 aliphatic carbocycles. The molecule has 0 aromatic heterocycles. The Balaban J connectivity index is 4.12. The van der Waals surface area contributed by atoms with Crippen LogP contribution in [-0.4, -0.2) is 25.7 Å². The lowest BCUT2D eigenvalue weighted by Gasteiger charge is -2.23. The molecular weight excluding hydrogens is 178 g/mol. The molecule has 0 spiro atoms. The maximum atomic E-state index is 11.3. The van der Waals surface area contributed by atoms with Gasteiger partial charge < -0.3 is 10.1 Å². The Bertz CT molecular complexity index is 228. The standard InChI is InChI=1S/C11H19NO2/c1-6-9(7-2)12-8-11(3,4)10(13)14-5/h1,9,12H,7-8H2,2-5H3.